The van der Waals surface area contributed by atoms with Crippen LogP contribution in [0.4, 0.5) is 0 Å². The van der Waals surface area contributed by atoms with Crippen molar-refractivity contribution in [2.75, 3.05) is 13.6 Å². The van der Waals surface area contributed by atoms with Crippen LogP contribution in [0.5, 0.6) is 0 Å². The second-order valence-electron chi connectivity index (χ2n) is 5.51. The van der Waals surface area contributed by atoms with Crippen LogP contribution < -0.4 is 16.4 Å². The number of hydrogen-bond acceptors (Lipinski definition) is 2. The lowest BCUT2D eigenvalue weighted by Crippen LogP contribution is -2.37. The van der Waals surface area contributed by atoms with Crippen LogP contribution in [0.2, 0.25) is 0 Å². The van der Waals surface area contributed by atoms with Gasteiger partial charge in [0.25, 0.3) is 0 Å². The van der Waals surface area contributed by atoms with Gasteiger partial charge < -0.3 is 16.4 Å². The van der Waals surface area contributed by atoms with E-state index >= 15 is 0 Å². The lowest BCUT2D eigenvalue weighted by molar-refractivity contribution is 0.1000. The predicted octanol–water partition coefficient (Wildman–Crippen LogP) is 2.70. The minimum atomic E-state index is -0.416. The van der Waals surface area contributed by atoms with E-state index in [4.69, 9.17) is 5.73 Å². The predicted molar refractivity (Wildman–Crippen MR) is 113 cm³/mol. The molecular weight excluding hydrogens is 427 g/mol. The van der Waals surface area contributed by atoms with Crippen molar-refractivity contribution in [3.05, 3.63) is 71.3 Å². The summed E-state index contributed by atoms with van der Waals surface area (Å²) in [7, 11) is 1.74. The quantitative estimate of drug-likeness (QED) is 0.262. The van der Waals surface area contributed by atoms with Crippen molar-refractivity contribution in [2.45, 2.75) is 19.4 Å². The third-order valence-electron chi connectivity index (χ3n) is 3.67. The van der Waals surface area contributed by atoms with E-state index in [-0.39, 0.29) is 24.0 Å². The fraction of sp³-hybridized carbons (Fsp3) is 0.263. The smallest absolute Gasteiger partial charge is 0.248 e. The molecule has 4 N–H and O–H groups in total. The first-order chi connectivity index (χ1) is 11.7. The Morgan fingerprint density at radius 2 is 1.76 bits per heavy atom. The van der Waals surface area contributed by atoms with Crippen molar-refractivity contribution < 1.29 is 4.79 Å². The Hall–Kier alpha value is -2.09. The maximum atomic E-state index is 11.2. The van der Waals surface area contributed by atoms with Gasteiger partial charge in [-0.1, -0.05) is 42.5 Å². The van der Waals surface area contributed by atoms with Gasteiger partial charge in [0.1, 0.15) is 0 Å². The van der Waals surface area contributed by atoms with Crippen molar-refractivity contribution in [2.24, 2.45) is 10.7 Å². The molecule has 0 aliphatic rings. The number of aliphatic imine (C=N–C) groups is 1. The number of carbonyl (C=O) groups excluding carboxylic acids is 1. The van der Waals surface area contributed by atoms with Gasteiger partial charge in [-0.05, 0) is 36.1 Å². The van der Waals surface area contributed by atoms with Gasteiger partial charge in [-0.2, -0.15) is 0 Å². The highest BCUT2D eigenvalue weighted by Gasteiger charge is 2.02. The number of nitrogens with one attached hydrogen (secondary N) is 2. The molecule has 0 heterocycles. The molecule has 0 aliphatic heterocycles. The summed E-state index contributed by atoms with van der Waals surface area (Å²) in [6.45, 7) is 1.43. The SMILES string of the molecule is CN=C(NCCCc1ccccc1)NCc1cccc(C(N)=O)c1.I. The lowest BCUT2D eigenvalue weighted by Gasteiger charge is -2.12. The largest absolute Gasteiger partial charge is 0.366 e. The second-order valence-corrected chi connectivity index (χ2v) is 5.51. The van der Waals surface area contributed by atoms with Crippen LogP contribution in [0.25, 0.3) is 0 Å². The highest BCUT2D eigenvalue weighted by molar-refractivity contribution is 14.0. The molecule has 0 saturated carbocycles. The molecule has 0 aromatic heterocycles. The molecule has 25 heavy (non-hydrogen) atoms. The molecular formula is C19H25IN4O. The maximum Gasteiger partial charge on any atom is 0.248 e. The first-order valence-corrected chi connectivity index (χ1v) is 8.06. The van der Waals surface area contributed by atoms with Gasteiger partial charge in [-0.25, -0.2) is 0 Å². The number of nitrogens with zero attached hydrogens (tertiary/aromatic N) is 1. The lowest BCUT2D eigenvalue weighted by atomic mass is 10.1. The second kappa shape index (κ2) is 11.5. The summed E-state index contributed by atoms with van der Waals surface area (Å²) in [5, 5.41) is 6.53. The van der Waals surface area contributed by atoms with Crippen molar-refractivity contribution in [3.63, 3.8) is 0 Å². The van der Waals surface area contributed by atoms with Gasteiger partial charge >= 0.3 is 0 Å². The number of halogens is 1. The monoisotopic (exact) mass is 452 g/mol. The number of hydrogen-bond donors (Lipinski definition) is 3. The van der Waals surface area contributed by atoms with Gasteiger partial charge in [0.05, 0.1) is 0 Å². The average molecular weight is 452 g/mol. The molecule has 0 atom stereocenters. The Morgan fingerprint density at radius 3 is 2.44 bits per heavy atom. The third kappa shape index (κ3) is 7.55. The summed E-state index contributed by atoms with van der Waals surface area (Å²) in [6, 6.07) is 17.7. The molecule has 1 amide bonds. The zero-order valence-corrected chi connectivity index (χ0v) is 16.7. The van der Waals surface area contributed by atoms with E-state index in [0.717, 1.165) is 30.9 Å². The zero-order valence-electron chi connectivity index (χ0n) is 14.4. The van der Waals surface area contributed by atoms with E-state index in [9.17, 15) is 4.79 Å². The van der Waals surface area contributed by atoms with E-state index < -0.39 is 5.91 Å². The Labute approximate surface area is 166 Å². The molecule has 0 bridgehead atoms. The number of carbonyl (C=O) groups is 1. The van der Waals surface area contributed by atoms with Gasteiger partial charge in [0, 0.05) is 25.7 Å². The van der Waals surface area contributed by atoms with Gasteiger partial charge in [0.2, 0.25) is 5.91 Å². The summed E-state index contributed by atoms with van der Waals surface area (Å²) < 4.78 is 0. The molecule has 0 saturated heterocycles. The van der Waals surface area contributed by atoms with Crippen LogP contribution >= 0.6 is 24.0 Å². The number of rotatable bonds is 7. The van der Waals surface area contributed by atoms with Crippen molar-refractivity contribution >= 4 is 35.8 Å². The fourth-order valence-electron chi connectivity index (χ4n) is 2.38. The van der Waals surface area contributed by atoms with Crippen LogP contribution in [0, 0.1) is 0 Å². The average Bonchev–Trinajstić information content (AvgIpc) is 2.62. The molecule has 0 unspecified atom stereocenters. The topological polar surface area (TPSA) is 79.5 Å². The highest BCUT2D eigenvalue weighted by Crippen LogP contribution is 2.04. The number of primary amides is 1. The van der Waals surface area contributed by atoms with Crippen LogP contribution in [-0.4, -0.2) is 25.5 Å². The molecule has 5 nitrogen and oxygen atoms in total. The van der Waals surface area contributed by atoms with Crippen LogP contribution in [0.15, 0.2) is 59.6 Å². The molecule has 0 spiro atoms. The van der Waals surface area contributed by atoms with Crippen molar-refractivity contribution in [1.29, 1.82) is 0 Å². The van der Waals surface area contributed by atoms with Gasteiger partial charge in [-0.15, -0.1) is 24.0 Å². The minimum Gasteiger partial charge on any atom is -0.366 e. The normalized spacial score (nSPS) is 10.7. The Balaban J connectivity index is 0.00000312. The standard InChI is InChI=1S/C19H24N4O.HI/c1-21-19(22-12-6-10-15-7-3-2-4-8-15)23-14-16-9-5-11-17(13-16)18(20)24;/h2-5,7-9,11,13H,6,10,12,14H2,1H3,(H2,20,24)(H2,21,22,23);1H. The molecule has 6 heteroatoms. The minimum absolute atomic E-state index is 0. The summed E-state index contributed by atoms with van der Waals surface area (Å²) in [6.07, 6.45) is 2.06. The van der Waals surface area contributed by atoms with Crippen LogP contribution in [0.3, 0.4) is 0 Å². The zero-order chi connectivity index (χ0) is 17.2. The third-order valence-corrected chi connectivity index (χ3v) is 3.67. The van der Waals surface area contributed by atoms with Crippen LogP contribution in [-0.2, 0) is 13.0 Å². The Kier molecular flexibility index (Phi) is 9.61. The summed E-state index contributed by atoms with van der Waals surface area (Å²) in [4.78, 5) is 15.4. The summed E-state index contributed by atoms with van der Waals surface area (Å²) in [5.74, 6) is 0.327. The van der Waals surface area contributed by atoms with E-state index in [1.807, 2.05) is 18.2 Å². The molecule has 0 radical (unpaired) electrons. The molecule has 0 fully saturated rings. The summed E-state index contributed by atoms with van der Waals surface area (Å²) >= 11 is 0. The first-order valence-electron chi connectivity index (χ1n) is 8.06. The van der Waals surface area contributed by atoms with Crippen molar-refractivity contribution in [1.82, 2.24) is 10.6 Å². The van der Waals surface area contributed by atoms with Gasteiger partial charge in [0.15, 0.2) is 5.96 Å². The molecule has 0 aliphatic carbocycles. The molecule has 2 aromatic rings. The summed E-state index contributed by atoms with van der Waals surface area (Å²) in [5.41, 5.74) is 8.14. The van der Waals surface area contributed by atoms with Crippen molar-refractivity contribution in [3.8, 4) is 0 Å². The van der Waals surface area contributed by atoms with E-state index in [1.165, 1.54) is 5.56 Å². The number of benzene rings is 2. The van der Waals surface area contributed by atoms with E-state index in [2.05, 4.69) is 39.9 Å². The first kappa shape index (κ1) is 21.0. The van der Waals surface area contributed by atoms with E-state index in [0.29, 0.717) is 12.1 Å². The number of aryl methyl sites for hydroxylation is 1. The Bertz CT molecular complexity index is 689. The van der Waals surface area contributed by atoms with Crippen LogP contribution in [0.1, 0.15) is 27.9 Å². The number of nitrogens with two attached hydrogens (primary N) is 1. The van der Waals surface area contributed by atoms with E-state index in [1.54, 1.807) is 19.2 Å². The fourth-order valence-corrected chi connectivity index (χ4v) is 2.38. The van der Waals surface area contributed by atoms with Gasteiger partial charge in [-0.3, -0.25) is 9.79 Å². The highest BCUT2D eigenvalue weighted by atomic mass is 127. The maximum absolute atomic E-state index is 11.2. The molecule has 2 aromatic carbocycles. The number of amides is 1. The molecule has 134 valence electrons. The Morgan fingerprint density at radius 1 is 1.04 bits per heavy atom. The molecule has 2 rings (SSSR count). The number of guanidine groups is 1.